The van der Waals surface area contributed by atoms with Gasteiger partial charge in [0.15, 0.2) is 0 Å². The number of hydrogen-bond donors (Lipinski definition) is 0. The summed E-state index contributed by atoms with van der Waals surface area (Å²) in [5.41, 5.74) is 6.93. The second-order valence-electron chi connectivity index (χ2n) is 9.11. The van der Waals surface area contributed by atoms with Gasteiger partial charge in [-0.3, -0.25) is 0 Å². The van der Waals surface area contributed by atoms with Gasteiger partial charge in [0.25, 0.3) is 0 Å². The van der Waals surface area contributed by atoms with Gasteiger partial charge in [0.1, 0.15) is 0 Å². The maximum atomic E-state index is 6.15. The fourth-order valence-electron chi connectivity index (χ4n) is 3.02. The summed E-state index contributed by atoms with van der Waals surface area (Å²) >= 11 is 0. The molecule has 0 aromatic heterocycles. The first-order chi connectivity index (χ1) is 11.5. The van der Waals surface area contributed by atoms with Gasteiger partial charge in [0.05, 0.1) is 6.61 Å². The van der Waals surface area contributed by atoms with E-state index in [1.54, 1.807) is 0 Å². The molecule has 0 saturated heterocycles. The van der Waals surface area contributed by atoms with Gasteiger partial charge in [-0.15, -0.1) is 0 Å². The molecule has 2 rings (SSSR count). The van der Waals surface area contributed by atoms with Gasteiger partial charge in [0, 0.05) is 0 Å². The molecule has 1 nitrogen and oxygen atoms in total. The third-order valence-corrected chi connectivity index (χ3v) is 5.24. The van der Waals surface area contributed by atoms with Gasteiger partial charge in [-0.25, -0.2) is 0 Å². The van der Waals surface area contributed by atoms with Crippen LogP contribution < -0.4 is 0 Å². The summed E-state index contributed by atoms with van der Waals surface area (Å²) in [5, 5.41) is 0. The molecule has 0 fully saturated rings. The minimum atomic E-state index is -0.730. The van der Waals surface area contributed by atoms with Crippen molar-refractivity contribution in [3.8, 4) is 11.1 Å². The van der Waals surface area contributed by atoms with Crippen molar-refractivity contribution < 1.29 is 4.43 Å². The highest BCUT2D eigenvalue weighted by Crippen LogP contribution is 2.38. The van der Waals surface area contributed by atoms with Crippen molar-refractivity contribution in [1.82, 2.24) is 0 Å². The summed E-state index contributed by atoms with van der Waals surface area (Å²) in [5.74, 6) is 0. The quantitative estimate of drug-likeness (QED) is 0.555. The first kappa shape index (κ1) is 19.9. The Morgan fingerprint density at radius 1 is 0.840 bits per heavy atom. The van der Waals surface area contributed by atoms with Gasteiger partial charge in [-0.05, 0) is 51.7 Å². The van der Waals surface area contributed by atoms with E-state index < -0.39 is 9.04 Å². The van der Waals surface area contributed by atoms with Crippen LogP contribution in [0.25, 0.3) is 11.1 Å². The van der Waals surface area contributed by atoms with Crippen molar-refractivity contribution in [2.24, 2.45) is 0 Å². The molecule has 0 N–H and O–H groups in total. The second kappa shape index (κ2) is 7.47. The van der Waals surface area contributed by atoms with Crippen molar-refractivity contribution in [3.63, 3.8) is 0 Å². The summed E-state index contributed by atoms with van der Waals surface area (Å²) in [6.45, 7) is 18.9. The predicted octanol–water partition coefficient (Wildman–Crippen LogP) is 6.72. The number of rotatable bonds is 4. The molecule has 0 bridgehead atoms. The molecule has 0 aliphatic heterocycles. The van der Waals surface area contributed by atoms with Crippen LogP contribution in [0.1, 0.15) is 58.2 Å². The normalized spacial score (nSPS) is 12.7. The minimum absolute atomic E-state index is 0.0812. The lowest BCUT2D eigenvalue weighted by molar-refractivity contribution is 0.311. The zero-order valence-electron chi connectivity index (χ0n) is 17.2. The number of hydrogen-bond acceptors (Lipinski definition) is 1. The fraction of sp³-hybridized carbons (Fsp3) is 0.478. The first-order valence-electron chi connectivity index (χ1n) is 9.16. The van der Waals surface area contributed by atoms with E-state index in [1.807, 2.05) is 0 Å². The Hall–Kier alpha value is -1.38. The van der Waals surface area contributed by atoms with Crippen LogP contribution in [0.3, 0.4) is 0 Å². The zero-order valence-corrected chi connectivity index (χ0v) is 18.2. The van der Waals surface area contributed by atoms with Crippen LogP contribution in [-0.4, -0.2) is 9.04 Å². The van der Waals surface area contributed by atoms with Crippen molar-refractivity contribution in [2.45, 2.75) is 72.1 Å². The van der Waals surface area contributed by atoms with Gasteiger partial charge in [-0.2, -0.15) is 0 Å². The molecule has 0 aliphatic rings. The largest absolute Gasteiger partial charge is 0.413 e. The molecule has 2 aromatic carbocycles. The summed E-state index contributed by atoms with van der Waals surface area (Å²) in [6.07, 6.45) is 0. The summed E-state index contributed by atoms with van der Waals surface area (Å²) in [7, 11) is -0.730. The zero-order chi connectivity index (χ0) is 18.8. The highest BCUT2D eigenvalue weighted by Gasteiger charge is 2.25. The first-order valence-corrected chi connectivity index (χ1v) is 11.6. The van der Waals surface area contributed by atoms with Gasteiger partial charge >= 0.3 is 0 Å². The molecule has 2 aromatic rings. The molecule has 0 unspecified atom stereocenters. The molecule has 0 heterocycles. The molecule has 0 aliphatic carbocycles. The molecule has 25 heavy (non-hydrogen) atoms. The third-order valence-electron chi connectivity index (χ3n) is 4.51. The molecule has 135 valence electrons. The highest BCUT2D eigenvalue weighted by atomic mass is 28.3. The summed E-state index contributed by atoms with van der Waals surface area (Å²) in [4.78, 5) is 0. The van der Waals surface area contributed by atoms with E-state index in [4.69, 9.17) is 4.43 Å². The molecule has 0 amide bonds. The van der Waals surface area contributed by atoms with Crippen LogP contribution in [0, 0.1) is 0 Å². The van der Waals surface area contributed by atoms with E-state index in [2.05, 4.69) is 97.1 Å². The van der Waals surface area contributed by atoms with Gasteiger partial charge in [0.2, 0.25) is 9.04 Å². The molecule has 0 spiro atoms. The van der Waals surface area contributed by atoms with Crippen LogP contribution in [0.5, 0.6) is 0 Å². The van der Waals surface area contributed by atoms with Crippen LogP contribution in [0.2, 0.25) is 13.1 Å². The van der Waals surface area contributed by atoms with E-state index in [0.717, 1.165) is 0 Å². The predicted molar refractivity (Wildman–Crippen MR) is 112 cm³/mol. The smallest absolute Gasteiger partial charge is 0.205 e. The van der Waals surface area contributed by atoms with E-state index >= 15 is 0 Å². The van der Waals surface area contributed by atoms with Crippen LogP contribution in [0.15, 0.2) is 42.5 Å². The fourth-order valence-corrected chi connectivity index (χ4v) is 3.45. The second-order valence-corrected chi connectivity index (χ2v) is 11.2. The Morgan fingerprint density at radius 3 is 1.92 bits per heavy atom. The van der Waals surface area contributed by atoms with Crippen molar-refractivity contribution in [3.05, 3.63) is 59.2 Å². The molecule has 0 saturated carbocycles. The van der Waals surface area contributed by atoms with Gasteiger partial charge in [-0.1, -0.05) is 84.0 Å². The molecule has 1 radical (unpaired) electrons. The van der Waals surface area contributed by atoms with Crippen LogP contribution >= 0.6 is 0 Å². The molecule has 2 heteroatoms. The Kier molecular flexibility index (Phi) is 5.96. The monoisotopic (exact) mass is 353 g/mol. The average molecular weight is 354 g/mol. The van der Waals surface area contributed by atoms with E-state index in [-0.39, 0.29) is 10.8 Å². The van der Waals surface area contributed by atoms with Crippen LogP contribution in [-0.2, 0) is 21.9 Å². The number of benzene rings is 2. The maximum absolute atomic E-state index is 6.15. The Bertz CT molecular complexity index is 703. The summed E-state index contributed by atoms with van der Waals surface area (Å²) in [6, 6.07) is 15.5. The third kappa shape index (κ3) is 5.05. The highest BCUT2D eigenvalue weighted by molar-refractivity contribution is 6.48. The van der Waals surface area contributed by atoms with Crippen molar-refractivity contribution in [1.29, 1.82) is 0 Å². The van der Waals surface area contributed by atoms with Gasteiger partial charge < -0.3 is 4.43 Å². The maximum Gasteiger partial charge on any atom is 0.205 e. The van der Waals surface area contributed by atoms with Crippen LogP contribution in [0.4, 0.5) is 0 Å². The SMILES string of the molecule is C[Si](C)OCc1c(-c2ccccc2)cc(C(C)(C)C)cc1C(C)(C)C. The Labute approximate surface area is 156 Å². The average Bonchev–Trinajstić information content (AvgIpc) is 2.51. The topological polar surface area (TPSA) is 9.23 Å². The minimum Gasteiger partial charge on any atom is -0.413 e. The lowest BCUT2D eigenvalue weighted by atomic mass is 9.76. The lowest BCUT2D eigenvalue weighted by Gasteiger charge is -2.30. The molecular weight excluding hydrogens is 320 g/mol. The van der Waals surface area contributed by atoms with E-state index in [9.17, 15) is 0 Å². The molecule has 0 atom stereocenters. The Balaban J connectivity index is 2.76. The van der Waals surface area contributed by atoms with E-state index in [1.165, 1.54) is 27.8 Å². The summed E-state index contributed by atoms with van der Waals surface area (Å²) < 4.78 is 6.15. The van der Waals surface area contributed by atoms with Crippen molar-refractivity contribution in [2.75, 3.05) is 0 Å². The van der Waals surface area contributed by atoms with E-state index in [0.29, 0.717) is 6.61 Å². The molecular formula is C23H33OSi. The lowest BCUT2D eigenvalue weighted by Crippen LogP contribution is -2.20. The standard InChI is InChI=1S/C23H33OSi/c1-22(2,3)18-14-19(17-12-10-9-11-13-17)20(16-24-25(7)8)21(15-18)23(4,5)6/h9-15H,16H2,1-8H3. The van der Waals surface area contributed by atoms with Crippen molar-refractivity contribution >= 4 is 9.04 Å². The Morgan fingerprint density at radius 2 is 1.44 bits per heavy atom.